The number of nitrogens with one attached hydrogen (secondary N) is 3. The first kappa shape index (κ1) is 66.6. The molecule has 0 unspecified atom stereocenters. The number of hydrogen-bond acceptors (Lipinski definition) is 15. The summed E-state index contributed by atoms with van der Waals surface area (Å²) in [6.07, 6.45) is -0.994. The van der Waals surface area contributed by atoms with Gasteiger partial charge in [0, 0.05) is 34.9 Å². The molecular formula is C54H94N6O15. The van der Waals surface area contributed by atoms with Crippen molar-refractivity contribution >= 4 is 35.6 Å². The first-order valence-corrected chi connectivity index (χ1v) is 26.5. The van der Waals surface area contributed by atoms with Crippen molar-refractivity contribution in [2.45, 2.75) is 156 Å². The van der Waals surface area contributed by atoms with Crippen molar-refractivity contribution in [3.63, 3.8) is 0 Å². The fourth-order valence-electron chi connectivity index (χ4n) is 9.16. The average Bonchev–Trinajstić information content (AvgIpc) is 3.85. The van der Waals surface area contributed by atoms with Crippen LogP contribution in [0.25, 0.3) is 0 Å². The van der Waals surface area contributed by atoms with Crippen molar-refractivity contribution in [1.29, 1.82) is 0 Å². The van der Waals surface area contributed by atoms with Crippen LogP contribution in [0.4, 0.5) is 4.79 Å². The van der Waals surface area contributed by atoms with E-state index in [0.29, 0.717) is 57.8 Å². The number of methoxy groups -OCH3 is 2. The summed E-state index contributed by atoms with van der Waals surface area (Å²) in [6, 6.07) is 5.68. The molecule has 2 rings (SSSR count). The van der Waals surface area contributed by atoms with Gasteiger partial charge >= 0.3 is 6.09 Å². The van der Waals surface area contributed by atoms with Gasteiger partial charge in [-0.1, -0.05) is 85.2 Å². The van der Waals surface area contributed by atoms with Crippen LogP contribution in [-0.4, -0.2) is 198 Å². The van der Waals surface area contributed by atoms with Gasteiger partial charge in [-0.05, 0) is 63.9 Å². The molecule has 1 aliphatic rings. The van der Waals surface area contributed by atoms with Crippen LogP contribution in [0, 0.1) is 23.7 Å². The van der Waals surface area contributed by atoms with Gasteiger partial charge in [0.1, 0.15) is 24.3 Å². The molecule has 430 valence electrons. The molecule has 0 aromatic heterocycles. The molecule has 75 heavy (non-hydrogen) atoms. The quantitative estimate of drug-likeness (QED) is 0.0548. The van der Waals surface area contributed by atoms with E-state index >= 15 is 0 Å². The van der Waals surface area contributed by atoms with Gasteiger partial charge in [-0.3, -0.25) is 28.8 Å². The summed E-state index contributed by atoms with van der Waals surface area (Å²) in [5.41, 5.74) is 2.24. The van der Waals surface area contributed by atoms with Crippen LogP contribution in [0.15, 0.2) is 30.3 Å². The molecule has 0 bridgehead atoms. The summed E-state index contributed by atoms with van der Waals surface area (Å²) in [7, 11) is 6.26. The summed E-state index contributed by atoms with van der Waals surface area (Å²) in [4.78, 5) is 91.3. The number of likely N-dealkylation sites (N-methyl/N-ethyl adjacent to an activating group) is 2. The van der Waals surface area contributed by atoms with Crippen molar-refractivity contribution in [3.05, 3.63) is 35.9 Å². The summed E-state index contributed by atoms with van der Waals surface area (Å²) in [5, 5.41) is 16.8. The van der Waals surface area contributed by atoms with Gasteiger partial charge in [0.05, 0.1) is 102 Å². The summed E-state index contributed by atoms with van der Waals surface area (Å²) < 4.78 is 39.1. The fraction of sp³-hybridized carbons (Fsp3) is 0.778. The lowest BCUT2D eigenvalue weighted by molar-refractivity contribution is -0.149. The summed E-state index contributed by atoms with van der Waals surface area (Å²) in [5.74, 6) is -3.21. The number of ether oxygens (including phenoxy) is 7. The molecule has 1 saturated heterocycles. The fourth-order valence-corrected chi connectivity index (χ4v) is 9.16. The average molecular weight is 1070 g/mol. The second-order valence-corrected chi connectivity index (χ2v) is 21.0. The van der Waals surface area contributed by atoms with E-state index < -0.39 is 77.9 Å². The predicted octanol–water partition coefficient (Wildman–Crippen LogP) is 4.29. The topological polar surface area (TPSA) is 242 Å². The molecule has 0 radical (unpaired) electrons. The number of nitrogens with zero attached hydrogens (tertiary/aromatic N) is 3. The van der Waals surface area contributed by atoms with E-state index in [2.05, 4.69) is 16.1 Å². The highest BCUT2D eigenvalue weighted by Crippen LogP contribution is 2.30. The molecule has 0 saturated carbocycles. The Bertz CT molecular complexity index is 1850. The number of aliphatic hydroxyl groups is 1. The lowest BCUT2D eigenvalue weighted by Crippen LogP contribution is -2.60. The summed E-state index contributed by atoms with van der Waals surface area (Å²) >= 11 is 0. The molecule has 10 atom stereocenters. The third kappa shape index (κ3) is 22.6. The van der Waals surface area contributed by atoms with Crippen LogP contribution >= 0.6 is 0 Å². The van der Waals surface area contributed by atoms with E-state index in [-0.39, 0.29) is 74.9 Å². The molecule has 0 spiro atoms. The number of hydroxylamine groups is 1. The first-order valence-electron chi connectivity index (χ1n) is 26.5. The third-order valence-corrected chi connectivity index (χ3v) is 13.4. The molecule has 21 heteroatoms. The number of carbonyl (C=O) groups excluding carboxylic acids is 6. The maximum Gasteiger partial charge on any atom is 0.431 e. The number of carbonyl (C=O) groups is 6. The highest BCUT2D eigenvalue weighted by Gasteiger charge is 2.44. The molecule has 4 N–H and O–H groups in total. The van der Waals surface area contributed by atoms with Crippen molar-refractivity contribution < 1.29 is 71.9 Å². The van der Waals surface area contributed by atoms with E-state index in [1.54, 1.807) is 63.6 Å². The van der Waals surface area contributed by atoms with Crippen LogP contribution < -0.4 is 16.1 Å². The van der Waals surface area contributed by atoms with Gasteiger partial charge in [-0.15, -0.1) is 0 Å². The van der Waals surface area contributed by atoms with E-state index in [4.69, 9.17) is 38.0 Å². The molecule has 0 aliphatic carbocycles. The maximum absolute atomic E-state index is 14.6. The number of rotatable bonds is 35. The standard InChI is InChI=1S/C54H94N6O15/c1-16-37(6)47(42(68-14)33-43(61)60-24-20-23-41(60)49(69-15)38(7)50(64)55-39(8)48(63)40-21-18-17-19-22-40)59(13)52(66)45(35(2)3)56-51(65)46(36(4)5)58(12)44(62)34-73-30-29-71-26-25-70-27-28-72-31-32-74-57-53(67)75-54(9,10)11/h17-19,21-22,35-39,41-42,45-49,63H,16,20,23-34H2,1-15H3,(H,55,64)(H,56,65)(H,57,67)/t37-,38+,39+,41-,42+,45-,46-,47-,48+,49+/m0/s1. The van der Waals surface area contributed by atoms with E-state index in [1.807, 2.05) is 59.7 Å². The molecule has 1 aliphatic heterocycles. The van der Waals surface area contributed by atoms with E-state index in [9.17, 15) is 33.9 Å². The van der Waals surface area contributed by atoms with Crippen LogP contribution in [0.3, 0.4) is 0 Å². The van der Waals surface area contributed by atoms with Crippen molar-refractivity contribution in [3.8, 4) is 0 Å². The minimum atomic E-state index is -0.971. The lowest BCUT2D eigenvalue weighted by atomic mass is 9.89. The largest absolute Gasteiger partial charge is 0.442 e. The molecule has 1 fully saturated rings. The molecule has 1 heterocycles. The van der Waals surface area contributed by atoms with Crippen molar-refractivity contribution in [2.75, 3.05) is 94.3 Å². The maximum atomic E-state index is 14.6. The van der Waals surface area contributed by atoms with Crippen LogP contribution in [0.2, 0.25) is 0 Å². The second-order valence-electron chi connectivity index (χ2n) is 21.0. The summed E-state index contributed by atoms with van der Waals surface area (Å²) in [6.45, 7) is 22.2. The number of benzene rings is 1. The van der Waals surface area contributed by atoms with Crippen LogP contribution in [-0.2, 0) is 62.0 Å². The van der Waals surface area contributed by atoms with E-state index in [0.717, 1.165) is 0 Å². The second kappa shape index (κ2) is 34.3. The van der Waals surface area contributed by atoms with Gasteiger partial charge in [0.15, 0.2) is 0 Å². The SMILES string of the molecule is CC[C@H](C)[C@@H]([C@@H](CC(=O)N1CCC[C@H]1[C@H](OC)[C@@H](C)C(=O)N[C@H](C)[C@@H](O)c1ccccc1)OC)N(C)C(=O)[C@@H](NC(=O)[C@H](C(C)C)N(C)C(=O)COCCOCCOCCOCCONC(=O)OC(C)(C)C)C(C)C. The monoisotopic (exact) mass is 1070 g/mol. The van der Waals surface area contributed by atoms with Crippen LogP contribution in [0.1, 0.15) is 114 Å². The number of hydrogen-bond donors (Lipinski definition) is 4. The Morgan fingerprint density at radius 3 is 1.85 bits per heavy atom. The Balaban J connectivity index is 1.97. The predicted molar refractivity (Wildman–Crippen MR) is 282 cm³/mol. The highest BCUT2D eigenvalue weighted by molar-refractivity contribution is 5.92. The first-order chi connectivity index (χ1) is 35.4. The lowest BCUT2D eigenvalue weighted by Gasteiger charge is -2.41. The molecule has 6 amide bonds. The smallest absolute Gasteiger partial charge is 0.431 e. The Morgan fingerprint density at radius 1 is 0.760 bits per heavy atom. The Kier molecular flexibility index (Phi) is 30.5. The Morgan fingerprint density at radius 2 is 1.33 bits per heavy atom. The van der Waals surface area contributed by atoms with Crippen molar-refractivity contribution in [1.82, 2.24) is 30.8 Å². The minimum absolute atomic E-state index is 0.0472. The van der Waals surface area contributed by atoms with E-state index in [1.165, 1.54) is 26.2 Å². The van der Waals surface area contributed by atoms with Gasteiger partial charge in [0.25, 0.3) is 0 Å². The zero-order chi connectivity index (χ0) is 56.4. The Hall–Kier alpha value is -4.48. The van der Waals surface area contributed by atoms with Gasteiger partial charge in [-0.2, -0.15) is 5.48 Å². The number of likely N-dealkylation sites (tertiary alicyclic amines) is 1. The molecular weight excluding hydrogens is 973 g/mol. The number of aliphatic hydroxyl groups excluding tert-OH is 1. The molecule has 21 nitrogen and oxygen atoms in total. The minimum Gasteiger partial charge on any atom is -0.442 e. The third-order valence-electron chi connectivity index (χ3n) is 13.4. The number of amides is 6. The van der Waals surface area contributed by atoms with Gasteiger partial charge in [-0.25, -0.2) is 4.79 Å². The van der Waals surface area contributed by atoms with Crippen LogP contribution in [0.5, 0.6) is 0 Å². The van der Waals surface area contributed by atoms with Gasteiger partial charge in [0.2, 0.25) is 29.5 Å². The molecule has 1 aromatic carbocycles. The zero-order valence-corrected chi connectivity index (χ0v) is 47.7. The van der Waals surface area contributed by atoms with Crippen molar-refractivity contribution in [2.24, 2.45) is 23.7 Å². The Labute approximate surface area is 446 Å². The van der Waals surface area contributed by atoms with Gasteiger partial charge < -0.3 is 63.6 Å². The zero-order valence-electron chi connectivity index (χ0n) is 47.7. The normalized spacial score (nSPS) is 17.5. The molecule has 1 aromatic rings. The highest BCUT2D eigenvalue weighted by atomic mass is 16.7.